The number of esters is 2. The standard InChI is InChI=1S/C38H63NO13/c1-3-4-5-6-7-8-9-10-11-12-13-15-18-27(2)33(43)29(25-49-37-36(46)35(45)34(44)30(23-40)52-37)39-38(47)51-26-50-32(42)22-21-31(41)48-24-28-19-16-14-17-20-28/h14,16-17,19-20,27,29-30,33-37,40,43-46H,3-13,15,18,21-26H2,1-2H3,(H,39,47)/t27-,29?,30?,33-,34+,35+,36?,37+/m1/s1. The van der Waals surface area contributed by atoms with E-state index in [0.29, 0.717) is 6.42 Å². The molecule has 1 fully saturated rings. The first-order chi connectivity index (χ1) is 25.1. The van der Waals surface area contributed by atoms with E-state index in [2.05, 4.69) is 12.2 Å². The Morgan fingerprint density at radius 3 is 1.96 bits per heavy atom. The second-order valence-electron chi connectivity index (χ2n) is 13.6. The normalized spacial score (nSPS) is 21.9. The van der Waals surface area contributed by atoms with Crippen molar-refractivity contribution >= 4 is 18.0 Å². The number of ether oxygens (including phenoxy) is 5. The molecule has 1 saturated heterocycles. The number of carbonyl (C=O) groups is 3. The van der Waals surface area contributed by atoms with Crippen molar-refractivity contribution in [1.29, 1.82) is 0 Å². The van der Waals surface area contributed by atoms with Crippen molar-refractivity contribution < 1.29 is 63.6 Å². The molecule has 0 spiro atoms. The van der Waals surface area contributed by atoms with Gasteiger partial charge in [-0.05, 0) is 17.9 Å². The summed E-state index contributed by atoms with van der Waals surface area (Å²) < 4.78 is 26.0. The van der Waals surface area contributed by atoms with Crippen LogP contribution in [0.4, 0.5) is 4.79 Å². The molecular formula is C38H63NO13. The van der Waals surface area contributed by atoms with Crippen LogP contribution in [0.25, 0.3) is 0 Å². The third-order valence-electron chi connectivity index (χ3n) is 9.29. The van der Waals surface area contributed by atoms with Crippen molar-refractivity contribution in [2.75, 3.05) is 20.0 Å². The van der Waals surface area contributed by atoms with Gasteiger partial charge in [-0.2, -0.15) is 0 Å². The van der Waals surface area contributed by atoms with Crippen LogP contribution in [-0.2, 0) is 39.9 Å². The van der Waals surface area contributed by atoms with Crippen LogP contribution in [0.15, 0.2) is 30.3 Å². The lowest BCUT2D eigenvalue weighted by atomic mass is 9.92. The van der Waals surface area contributed by atoms with E-state index in [-0.39, 0.29) is 25.4 Å². The van der Waals surface area contributed by atoms with Gasteiger partial charge in [-0.1, -0.05) is 121 Å². The van der Waals surface area contributed by atoms with Crippen molar-refractivity contribution in [3.63, 3.8) is 0 Å². The lowest BCUT2D eigenvalue weighted by molar-refractivity contribution is -0.303. The summed E-state index contributed by atoms with van der Waals surface area (Å²) in [4.78, 5) is 36.7. The molecule has 1 heterocycles. The molecule has 1 aliphatic rings. The molecule has 0 aromatic heterocycles. The minimum absolute atomic E-state index is 0.0725. The first kappa shape index (κ1) is 45.3. The summed E-state index contributed by atoms with van der Waals surface area (Å²) in [7, 11) is 0. The summed E-state index contributed by atoms with van der Waals surface area (Å²) in [5.74, 6) is -1.66. The van der Waals surface area contributed by atoms with Crippen LogP contribution in [0, 0.1) is 5.92 Å². The van der Waals surface area contributed by atoms with Crippen molar-refractivity contribution in [2.24, 2.45) is 5.92 Å². The van der Waals surface area contributed by atoms with E-state index in [0.717, 1.165) is 31.2 Å². The molecule has 14 nitrogen and oxygen atoms in total. The minimum atomic E-state index is -1.67. The van der Waals surface area contributed by atoms with Gasteiger partial charge in [0.1, 0.15) is 31.0 Å². The second kappa shape index (κ2) is 26.8. The van der Waals surface area contributed by atoms with Gasteiger partial charge in [0.05, 0.1) is 38.2 Å². The quantitative estimate of drug-likeness (QED) is 0.0428. The van der Waals surface area contributed by atoms with Crippen molar-refractivity contribution in [1.82, 2.24) is 5.32 Å². The second-order valence-corrected chi connectivity index (χ2v) is 13.6. The van der Waals surface area contributed by atoms with E-state index >= 15 is 0 Å². The molecular weight excluding hydrogens is 678 g/mol. The number of benzene rings is 1. The summed E-state index contributed by atoms with van der Waals surface area (Å²) >= 11 is 0. The van der Waals surface area contributed by atoms with Gasteiger partial charge in [0, 0.05) is 0 Å². The molecule has 0 saturated carbocycles. The smallest absolute Gasteiger partial charge is 0.410 e. The van der Waals surface area contributed by atoms with Crippen LogP contribution in [-0.4, -0.2) is 106 Å². The number of hydrogen-bond acceptors (Lipinski definition) is 13. The van der Waals surface area contributed by atoms with E-state index in [4.69, 9.17) is 23.7 Å². The maximum atomic E-state index is 12.7. The van der Waals surface area contributed by atoms with Crippen molar-refractivity contribution in [3.05, 3.63) is 35.9 Å². The zero-order valence-electron chi connectivity index (χ0n) is 30.9. The molecule has 6 N–H and O–H groups in total. The first-order valence-corrected chi connectivity index (χ1v) is 19.0. The highest BCUT2D eigenvalue weighted by molar-refractivity contribution is 5.77. The number of hydrogen-bond donors (Lipinski definition) is 6. The van der Waals surface area contributed by atoms with Crippen LogP contribution in [0.5, 0.6) is 0 Å². The number of amides is 1. The zero-order valence-corrected chi connectivity index (χ0v) is 30.9. The Balaban J connectivity index is 1.80. The highest BCUT2D eigenvalue weighted by atomic mass is 16.7. The maximum absolute atomic E-state index is 12.7. The predicted molar refractivity (Wildman–Crippen MR) is 190 cm³/mol. The van der Waals surface area contributed by atoms with Crippen molar-refractivity contribution in [3.8, 4) is 0 Å². The van der Waals surface area contributed by atoms with Gasteiger partial charge in [0.2, 0.25) is 6.79 Å². The van der Waals surface area contributed by atoms with Crippen LogP contribution in [0.2, 0.25) is 0 Å². The highest BCUT2D eigenvalue weighted by Gasteiger charge is 2.44. The van der Waals surface area contributed by atoms with Crippen LogP contribution in [0.1, 0.15) is 116 Å². The SMILES string of the molecule is CCCCCCCCCCCCCC[C@@H](C)[C@@H](O)C(CO[C@H]1OC(CO)[C@H](O)[C@H](O)C1O)NC(=O)OCOC(=O)CCC(=O)OCc1ccccc1. The molecule has 3 unspecified atom stereocenters. The Hall–Kier alpha value is -2.85. The van der Waals surface area contributed by atoms with Crippen LogP contribution < -0.4 is 5.32 Å². The van der Waals surface area contributed by atoms with E-state index in [1.807, 2.05) is 25.1 Å². The molecule has 0 aliphatic carbocycles. The number of unbranched alkanes of at least 4 members (excludes halogenated alkanes) is 11. The number of alkyl carbamates (subject to hydrolysis) is 1. The molecule has 1 aromatic rings. The van der Waals surface area contributed by atoms with E-state index in [9.17, 15) is 39.9 Å². The average Bonchev–Trinajstić information content (AvgIpc) is 3.14. The number of aliphatic hydroxyl groups excluding tert-OH is 5. The maximum Gasteiger partial charge on any atom is 0.410 e. The highest BCUT2D eigenvalue weighted by Crippen LogP contribution is 2.24. The summed E-state index contributed by atoms with van der Waals surface area (Å²) in [6.07, 6.45) is 4.80. The fourth-order valence-electron chi connectivity index (χ4n) is 5.93. The topological polar surface area (TPSA) is 211 Å². The summed E-state index contributed by atoms with van der Waals surface area (Å²) in [5, 5.41) is 53.8. The Bertz CT molecular complexity index is 1110. The monoisotopic (exact) mass is 741 g/mol. The molecule has 0 radical (unpaired) electrons. The molecule has 8 atom stereocenters. The summed E-state index contributed by atoms with van der Waals surface area (Å²) in [6, 6.07) is 7.99. The van der Waals surface area contributed by atoms with E-state index in [1.165, 1.54) is 51.4 Å². The number of aliphatic hydroxyl groups is 5. The molecule has 0 bridgehead atoms. The van der Waals surface area contributed by atoms with E-state index < -0.39 is 80.9 Å². The zero-order chi connectivity index (χ0) is 38.1. The fraction of sp³-hybridized carbons (Fsp3) is 0.763. The summed E-state index contributed by atoms with van der Waals surface area (Å²) in [6.45, 7) is 2.33. The fourth-order valence-corrected chi connectivity index (χ4v) is 5.93. The van der Waals surface area contributed by atoms with Gasteiger partial charge in [-0.3, -0.25) is 9.59 Å². The number of nitrogens with one attached hydrogen (secondary N) is 1. The Labute approximate surface area is 308 Å². The Kier molecular flexibility index (Phi) is 23.4. The van der Waals surface area contributed by atoms with Gasteiger partial charge < -0.3 is 54.5 Å². The number of rotatable bonds is 27. The Morgan fingerprint density at radius 1 is 0.788 bits per heavy atom. The minimum Gasteiger partial charge on any atom is -0.461 e. The lowest BCUT2D eigenvalue weighted by Crippen LogP contribution is -2.60. The third-order valence-corrected chi connectivity index (χ3v) is 9.29. The van der Waals surface area contributed by atoms with Crippen molar-refractivity contribution in [2.45, 2.75) is 160 Å². The molecule has 1 aliphatic heterocycles. The molecule has 14 heteroatoms. The van der Waals surface area contributed by atoms with Gasteiger partial charge >= 0.3 is 18.0 Å². The summed E-state index contributed by atoms with van der Waals surface area (Å²) in [5.41, 5.74) is 0.804. The predicted octanol–water partition coefficient (Wildman–Crippen LogP) is 4.01. The molecule has 52 heavy (non-hydrogen) atoms. The molecule has 1 amide bonds. The molecule has 298 valence electrons. The van der Waals surface area contributed by atoms with Gasteiger partial charge in [0.25, 0.3) is 0 Å². The van der Waals surface area contributed by atoms with Crippen LogP contribution >= 0.6 is 0 Å². The molecule has 1 aromatic carbocycles. The Morgan fingerprint density at radius 2 is 1.37 bits per heavy atom. The first-order valence-electron chi connectivity index (χ1n) is 19.0. The number of carbonyl (C=O) groups excluding carboxylic acids is 3. The van der Waals surface area contributed by atoms with Gasteiger partial charge in [-0.15, -0.1) is 0 Å². The third kappa shape index (κ3) is 18.3. The molecule has 2 rings (SSSR count). The average molecular weight is 742 g/mol. The van der Waals surface area contributed by atoms with E-state index in [1.54, 1.807) is 12.1 Å². The largest absolute Gasteiger partial charge is 0.461 e. The lowest BCUT2D eigenvalue weighted by Gasteiger charge is -2.40. The van der Waals surface area contributed by atoms with Gasteiger partial charge in [0.15, 0.2) is 6.29 Å². The van der Waals surface area contributed by atoms with Gasteiger partial charge in [-0.25, -0.2) is 4.79 Å². The van der Waals surface area contributed by atoms with Crippen LogP contribution in [0.3, 0.4) is 0 Å².